The van der Waals surface area contributed by atoms with Crippen LogP contribution in [0.25, 0.3) is 0 Å². The van der Waals surface area contributed by atoms with Gasteiger partial charge in [0.1, 0.15) is 0 Å². The van der Waals surface area contributed by atoms with Crippen molar-refractivity contribution < 1.29 is 14.3 Å². The van der Waals surface area contributed by atoms with Crippen molar-refractivity contribution in [1.29, 1.82) is 0 Å². The number of amides is 1. The van der Waals surface area contributed by atoms with Crippen molar-refractivity contribution >= 4 is 11.6 Å². The van der Waals surface area contributed by atoms with Gasteiger partial charge in [0, 0.05) is 18.8 Å². The van der Waals surface area contributed by atoms with Crippen molar-refractivity contribution in [2.45, 2.75) is 19.4 Å². The predicted octanol–water partition coefficient (Wildman–Crippen LogP) is 3.04. The molecule has 1 spiro atoms. The average molecular weight is 350 g/mol. The number of benzene rings is 2. The van der Waals surface area contributed by atoms with Gasteiger partial charge in [-0.1, -0.05) is 24.3 Å². The Morgan fingerprint density at radius 2 is 1.73 bits per heavy atom. The molecule has 2 fully saturated rings. The van der Waals surface area contributed by atoms with Gasteiger partial charge < -0.3 is 14.4 Å². The van der Waals surface area contributed by atoms with E-state index in [1.807, 2.05) is 41.3 Å². The zero-order valence-electron chi connectivity index (χ0n) is 14.7. The molecule has 2 aromatic rings. The summed E-state index contributed by atoms with van der Waals surface area (Å²) in [7, 11) is 0. The second-order valence-electron chi connectivity index (χ2n) is 7.47. The summed E-state index contributed by atoms with van der Waals surface area (Å²) in [5, 5.41) is 0. The van der Waals surface area contributed by atoms with Crippen LogP contribution in [0.5, 0.6) is 11.5 Å². The summed E-state index contributed by atoms with van der Waals surface area (Å²) in [5.74, 6) is 1.96. The van der Waals surface area contributed by atoms with E-state index in [1.54, 1.807) is 0 Å². The first-order valence-electron chi connectivity index (χ1n) is 9.21. The Bertz CT molecular complexity index is 828. The maximum atomic E-state index is 12.8. The number of nitrogens with zero attached hydrogens (tertiary/aromatic N) is 2. The lowest BCUT2D eigenvalue weighted by atomic mass is 9.70. The molecule has 0 atom stereocenters. The van der Waals surface area contributed by atoms with Gasteiger partial charge in [-0.3, -0.25) is 9.69 Å². The van der Waals surface area contributed by atoms with Crippen LogP contribution in [0.2, 0.25) is 0 Å². The van der Waals surface area contributed by atoms with Gasteiger partial charge in [-0.15, -0.1) is 0 Å². The zero-order chi connectivity index (χ0) is 17.6. The van der Waals surface area contributed by atoms with E-state index in [9.17, 15) is 4.79 Å². The second kappa shape index (κ2) is 6.02. The monoisotopic (exact) mass is 350 g/mol. The highest BCUT2D eigenvalue weighted by molar-refractivity contribution is 6.04. The number of fused-ring (bicyclic) bond motifs is 1. The molecule has 0 radical (unpaired) electrons. The highest BCUT2D eigenvalue weighted by atomic mass is 16.7. The van der Waals surface area contributed by atoms with Gasteiger partial charge in [-0.25, -0.2) is 0 Å². The van der Waals surface area contributed by atoms with Gasteiger partial charge in [0.25, 0.3) is 0 Å². The molecule has 5 heteroatoms. The summed E-state index contributed by atoms with van der Waals surface area (Å²) in [6.45, 7) is 3.98. The van der Waals surface area contributed by atoms with E-state index in [-0.39, 0.29) is 5.41 Å². The fourth-order valence-electron chi connectivity index (χ4n) is 4.26. The predicted molar refractivity (Wildman–Crippen MR) is 98.3 cm³/mol. The van der Waals surface area contributed by atoms with Crippen LogP contribution in [0.1, 0.15) is 18.4 Å². The van der Waals surface area contributed by atoms with Crippen LogP contribution in [0.15, 0.2) is 48.5 Å². The highest BCUT2D eigenvalue weighted by Gasteiger charge is 2.53. The second-order valence-corrected chi connectivity index (χ2v) is 7.47. The molecular weight excluding hydrogens is 328 g/mol. The molecule has 0 N–H and O–H groups in total. The smallest absolute Gasteiger partial charge is 0.235 e. The Morgan fingerprint density at radius 3 is 2.50 bits per heavy atom. The Balaban J connectivity index is 1.20. The molecule has 0 saturated carbocycles. The molecule has 0 bridgehead atoms. The summed E-state index contributed by atoms with van der Waals surface area (Å²) in [6, 6.07) is 16.1. The molecule has 3 heterocycles. The summed E-state index contributed by atoms with van der Waals surface area (Å²) in [5.41, 5.74) is 2.11. The summed E-state index contributed by atoms with van der Waals surface area (Å²) in [6.07, 6.45) is 1.89. The van der Waals surface area contributed by atoms with Gasteiger partial charge in [-0.2, -0.15) is 0 Å². The molecule has 134 valence electrons. The molecule has 3 aliphatic rings. The molecule has 1 amide bonds. The number of para-hydroxylation sites is 1. The Labute approximate surface area is 153 Å². The van der Waals surface area contributed by atoms with Crippen molar-refractivity contribution in [3.8, 4) is 11.5 Å². The zero-order valence-corrected chi connectivity index (χ0v) is 14.7. The van der Waals surface area contributed by atoms with Crippen LogP contribution in [-0.4, -0.2) is 37.2 Å². The molecule has 26 heavy (non-hydrogen) atoms. The number of rotatable bonds is 3. The number of carbonyl (C=O) groups is 1. The first-order chi connectivity index (χ1) is 12.7. The normalized spacial score (nSPS) is 21.1. The first-order valence-corrected chi connectivity index (χ1v) is 9.21. The highest BCUT2D eigenvalue weighted by Crippen LogP contribution is 2.44. The molecule has 5 rings (SSSR count). The summed E-state index contributed by atoms with van der Waals surface area (Å²) >= 11 is 0. The van der Waals surface area contributed by atoms with E-state index in [4.69, 9.17) is 9.47 Å². The van der Waals surface area contributed by atoms with E-state index < -0.39 is 0 Å². The fraction of sp³-hybridized carbons (Fsp3) is 0.381. The standard InChI is InChI=1S/C21H22N2O3/c24-20-21(14-23(20)17-4-2-1-3-5-17)8-10-22(11-9-21)13-16-6-7-18-19(12-16)26-15-25-18/h1-7,12H,8-11,13-15H2. The largest absolute Gasteiger partial charge is 0.454 e. The number of β-lactam (4-membered cyclic amide) rings is 1. The molecule has 0 aromatic heterocycles. The molecule has 3 aliphatic heterocycles. The third kappa shape index (κ3) is 2.54. The molecular formula is C21H22N2O3. The van der Waals surface area contributed by atoms with Crippen LogP contribution in [0, 0.1) is 5.41 Å². The summed E-state index contributed by atoms with van der Waals surface area (Å²) < 4.78 is 10.8. The molecule has 0 unspecified atom stereocenters. The lowest BCUT2D eigenvalue weighted by molar-refractivity contribution is -0.138. The maximum Gasteiger partial charge on any atom is 0.235 e. The minimum atomic E-state index is -0.138. The number of ether oxygens (including phenoxy) is 2. The third-order valence-corrected chi connectivity index (χ3v) is 5.88. The number of anilines is 1. The molecule has 5 nitrogen and oxygen atoms in total. The lowest BCUT2D eigenvalue weighted by Crippen LogP contribution is -2.64. The van der Waals surface area contributed by atoms with Crippen molar-refractivity contribution in [1.82, 2.24) is 4.90 Å². The van der Waals surface area contributed by atoms with Crippen molar-refractivity contribution in [2.75, 3.05) is 31.3 Å². The Kier molecular flexibility index (Phi) is 3.64. The van der Waals surface area contributed by atoms with E-state index in [1.165, 1.54) is 5.56 Å². The van der Waals surface area contributed by atoms with E-state index in [0.29, 0.717) is 12.7 Å². The molecule has 2 saturated heterocycles. The molecule has 2 aromatic carbocycles. The average Bonchev–Trinajstić information content (AvgIpc) is 3.15. The van der Waals surface area contributed by atoms with Gasteiger partial charge in [0.05, 0.1) is 5.41 Å². The van der Waals surface area contributed by atoms with Crippen molar-refractivity contribution in [3.63, 3.8) is 0 Å². The van der Waals surface area contributed by atoms with Gasteiger partial charge >= 0.3 is 0 Å². The SMILES string of the molecule is O=C1N(c2ccccc2)CC12CCN(Cc1ccc3c(c1)OCO3)CC2. The number of hydrogen-bond donors (Lipinski definition) is 0. The van der Waals surface area contributed by atoms with Crippen LogP contribution in [0.3, 0.4) is 0 Å². The number of hydrogen-bond acceptors (Lipinski definition) is 4. The minimum absolute atomic E-state index is 0.138. The maximum absolute atomic E-state index is 12.8. The number of likely N-dealkylation sites (tertiary alicyclic amines) is 1. The number of piperidine rings is 1. The summed E-state index contributed by atoms with van der Waals surface area (Å²) in [4.78, 5) is 17.2. The van der Waals surface area contributed by atoms with Gasteiger partial charge in [0.2, 0.25) is 12.7 Å². The Morgan fingerprint density at radius 1 is 0.962 bits per heavy atom. The van der Waals surface area contributed by atoms with Gasteiger partial charge in [0.15, 0.2) is 11.5 Å². The van der Waals surface area contributed by atoms with E-state index in [0.717, 1.165) is 56.2 Å². The third-order valence-electron chi connectivity index (χ3n) is 5.88. The lowest BCUT2D eigenvalue weighted by Gasteiger charge is -2.52. The van der Waals surface area contributed by atoms with Crippen LogP contribution < -0.4 is 14.4 Å². The van der Waals surface area contributed by atoms with Crippen LogP contribution in [0.4, 0.5) is 5.69 Å². The van der Waals surface area contributed by atoms with Crippen LogP contribution >= 0.6 is 0 Å². The van der Waals surface area contributed by atoms with Crippen molar-refractivity contribution in [3.05, 3.63) is 54.1 Å². The van der Waals surface area contributed by atoms with Crippen molar-refractivity contribution in [2.24, 2.45) is 5.41 Å². The minimum Gasteiger partial charge on any atom is -0.454 e. The quantitative estimate of drug-likeness (QED) is 0.798. The van der Waals surface area contributed by atoms with Crippen LogP contribution in [-0.2, 0) is 11.3 Å². The number of carbonyl (C=O) groups excluding carboxylic acids is 1. The van der Waals surface area contributed by atoms with E-state index >= 15 is 0 Å². The Hall–Kier alpha value is -2.53. The fourth-order valence-corrected chi connectivity index (χ4v) is 4.26. The van der Waals surface area contributed by atoms with E-state index in [2.05, 4.69) is 17.0 Å². The topological polar surface area (TPSA) is 42.0 Å². The van der Waals surface area contributed by atoms with Gasteiger partial charge in [-0.05, 0) is 55.8 Å². The molecule has 0 aliphatic carbocycles. The first kappa shape index (κ1) is 15.7.